The zero-order valence-electron chi connectivity index (χ0n) is 8.78. The number of carbonyl (C=O) groups excluding carboxylic acids is 1. The van der Waals surface area contributed by atoms with Gasteiger partial charge in [-0.3, -0.25) is 9.69 Å². The summed E-state index contributed by atoms with van der Waals surface area (Å²) in [7, 11) is 0. The van der Waals surface area contributed by atoms with Crippen LogP contribution in [0.25, 0.3) is 0 Å². The summed E-state index contributed by atoms with van der Waals surface area (Å²) in [5, 5.41) is 0.785. The van der Waals surface area contributed by atoms with Crippen LogP contribution >= 0.6 is 11.3 Å². The van der Waals surface area contributed by atoms with Gasteiger partial charge in [0.05, 0.1) is 5.69 Å². The van der Waals surface area contributed by atoms with Crippen LogP contribution in [-0.2, 0) is 4.79 Å². The smallest absolute Gasteiger partial charge is 0.230 e. The Morgan fingerprint density at radius 3 is 2.80 bits per heavy atom. The predicted molar refractivity (Wildman–Crippen MR) is 60.9 cm³/mol. The minimum absolute atomic E-state index is 0.0435. The van der Waals surface area contributed by atoms with Gasteiger partial charge in [-0.1, -0.05) is 0 Å². The van der Waals surface area contributed by atoms with E-state index in [0.29, 0.717) is 13.0 Å². The van der Waals surface area contributed by atoms with Gasteiger partial charge in [0.1, 0.15) is 0 Å². The molecular weight excluding hydrogens is 208 g/mol. The number of carbonyl (C=O) groups is 1. The molecule has 1 fully saturated rings. The second-order valence-electron chi connectivity index (χ2n) is 3.71. The summed E-state index contributed by atoms with van der Waals surface area (Å²) in [4.78, 5) is 18.9. The number of thiazole rings is 1. The van der Waals surface area contributed by atoms with E-state index in [0.717, 1.165) is 15.7 Å². The molecule has 2 rings (SSSR count). The molecule has 1 aliphatic heterocycles. The fourth-order valence-corrected chi connectivity index (χ4v) is 2.51. The maximum Gasteiger partial charge on any atom is 0.230 e. The molecular formula is C11H12N2OS. The van der Waals surface area contributed by atoms with E-state index in [2.05, 4.69) is 10.9 Å². The third kappa shape index (κ3) is 1.75. The monoisotopic (exact) mass is 220 g/mol. The highest BCUT2D eigenvalue weighted by molar-refractivity contribution is 7.15. The summed E-state index contributed by atoms with van der Waals surface area (Å²) < 4.78 is 0. The summed E-state index contributed by atoms with van der Waals surface area (Å²) >= 11 is 1.55. The van der Waals surface area contributed by atoms with Gasteiger partial charge in [0.25, 0.3) is 0 Å². The highest BCUT2D eigenvalue weighted by Gasteiger charge is 2.31. The van der Waals surface area contributed by atoms with Gasteiger partial charge in [-0.05, 0) is 13.8 Å². The van der Waals surface area contributed by atoms with E-state index in [-0.39, 0.29) is 11.8 Å². The van der Waals surface area contributed by atoms with Crippen molar-refractivity contribution in [3.63, 3.8) is 0 Å². The normalized spacial score (nSPS) is 20.7. The van der Waals surface area contributed by atoms with Crippen LogP contribution in [0.5, 0.6) is 0 Å². The van der Waals surface area contributed by atoms with Crippen molar-refractivity contribution in [1.82, 2.24) is 4.98 Å². The first-order valence-electron chi connectivity index (χ1n) is 4.82. The quantitative estimate of drug-likeness (QED) is 0.675. The van der Waals surface area contributed by atoms with Gasteiger partial charge in [-0.25, -0.2) is 4.98 Å². The van der Waals surface area contributed by atoms with Gasteiger partial charge < -0.3 is 0 Å². The topological polar surface area (TPSA) is 33.2 Å². The van der Waals surface area contributed by atoms with E-state index in [9.17, 15) is 4.79 Å². The fraction of sp³-hybridized carbons (Fsp3) is 0.455. The average molecular weight is 220 g/mol. The van der Waals surface area contributed by atoms with Gasteiger partial charge in [-0.15, -0.1) is 23.7 Å². The van der Waals surface area contributed by atoms with E-state index in [4.69, 9.17) is 6.42 Å². The molecule has 0 N–H and O–H groups in total. The summed E-state index contributed by atoms with van der Waals surface area (Å²) in [6.45, 7) is 4.58. The van der Waals surface area contributed by atoms with Crippen LogP contribution in [0.2, 0.25) is 0 Å². The standard InChI is InChI=1S/C11H12N2OS/c1-4-9-5-10(14)13(6-9)11-12-7(2)8(3)15-11/h1,9H,5-6H2,2-3H3. The average Bonchev–Trinajstić information content (AvgIpc) is 2.71. The third-order valence-corrected chi connectivity index (χ3v) is 3.70. The van der Waals surface area contributed by atoms with Crippen molar-refractivity contribution in [1.29, 1.82) is 0 Å². The lowest BCUT2D eigenvalue weighted by Gasteiger charge is -2.10. The Labute approximate surface area is 93.1 Å². The van der Waals surface area contributed by atoms with Crippen LogP contribution in [0.15, 0.2) is 0 Å². The van der Waals surface area contributed by atoms with Crippen molar-refractivity contribution in [3.05, 3.63) is 10.6 Å². The molecule has 1 amide bonds. The minimum atomic E-state index is 0.0435. The molecule has 15 heavy (non-hydrogen) atoms. The van der Waals surface area contributed by atoms with Crippen LogP contribution in [0.4, 0.5) is 5.13 Å². The van der Waals surface area contributed by atoms with Gasteiger partial charge in [0.15, 0.2) is 5.13 Å². The largest absolute Gasteiger partial charge is 0.287 e. The number of anilines is 1. The van der Waals surface area contributed by atoms with Crippen LogP contribution in [-0.4, -0.2) is 17.4 Å². The first kappa shape index (κ1) is 10.2. The highest BCUT2D eigenvalue weighted by atomic mass is 32.1. The number of rotatable bonds is 1. The summed E-state index contributed by atoms with van der Waals surface area (Å²) in [5.74, 6) is 2.76. The molecule has 0 saturated carbocycles. The fourth-order valence-electron chi connectivity index (χ4n) is 1.58. The molecule has 4 heteroatoms. The number of amides is 1. The second-order valence-corrected chi connectivity index (χ2v) is 4.89. The van der Waals surface area contributed by atoms with Gasteiger partial charge >= 0.3 is 0 Å². The lowest BCUT2D eigenvalue weighted by Crippen LogP contribution is -2.24. The Morgan fingerprint density at radius 2 is 2.33 bits per heavy atom. The molecule has 0 radical (unpaired) electrons. The SMILES string of the molecule is C#CC1CC(=O)N(c2nc(C)c(C)s2)C1. The zero-order chi connectivity index (χ0) is 11.0. The maximum absolute atomic E-state index is 11.7. The molecule has 2 heterocycles. The molecule has 0 aromatic carbocycles. The Kier molecular flexibility index (Phi) is 2.49. The summed E-state index contributed by atoms with van der Waals surface area (Å²) in [6, 6.07) is 0. The highest BCUT2D eigenvalue weighted by Crippen LogP contribution is 2.30. The molecule has 0 bridgehead atoms. The van der Waals surface area contributed by atoms with Crippen LogP contribution in [0.3, 0.4) is 0 Å². The molecule has 1 aliphatic rings. The van der Waals surface area contributed by atoms with Crippen molar-refractivity contribution < 1.29 is 4.79 Å². The summed E-state index contributed by atoms with van der Waals surface area (Å²) in [5.41, 5.74) is 0.993. The van der Waals surface area contributed by atoms with E-state index in [1.807, 2.05) is 13.8 Å². The summed E-state index contributed by atoms with van der Waals surface area (Å²) in [6.07, 6.45) is 5.78. The van der Waals surface area contributed by atoms with Crippen LogP contribution in [0.1, 0.15) is 17.0 Å². The van der Waals surface area contributed by atoms with Gasteiger partial charge in [0.2, 0.25) is 5.91 Å². The first-order chi connectivity index (χ1) is 7.11. The van der Waals surface area contributed by atoms with Crippen LogP contribution in [0, 0.1) is 32.1 Å². The number of aromatic nitrogens is 1. The van der Waals surface area contributed by atoms with Gasteiger partial charge in [0, 0.05) is 23.8 Å². The molecule has 1 aromatic heterocycles. The Morgan fingerprint density at radius 1 is 1.60 bits per heavy atom. The second kappa shape index (κ2) is 3.67. The van der Waals surface area contributed by atoms with E-state index < -0.39 is 0 Å². The minimum Gasteiger partial charge on any atom is -0.287 e. The Bertz CT molecular complexity index is 424. The number of hydrogen-bond donors (Lipinski definition) is 0. The van der Waals surface area contributed by atoms with Crippen LogP contribution < -0.4 is 4.90 Å². The Balaban J connectivity index is 2.26. The van der Waals surface area contributed by atoms with E-state index in [1.54, 1.807) is 16.2 Å². The van der Waals surface area contributed by atoms with E-state index >= 15 is 0 Å². The molecule has 1 unspecified atom stereocenters. The predicted octanol–water partition coefficient (Wildman–Crippen LogP) is 1.75. The molecule has 3 nitrogen and oxygen atoms in total. The lowest BCUT2D eigenvalue weighted by atomic mass is 10.1. The molecule has 0 aliphatic carbocycles. The lowest BCUT2D eigenvalue weighted by molar-refractivity contribution is -0.117. The van der Waals surface area contributed by atoms with Crippen molar-refractivity contribution >= 4 is 22.4 Å². The number of hydrogen-bond acceptors (Lipinski definition) is 3. The molecule has 1 saturated heterocycles. The van der Waals surface area contributed by atoms with Crippen molar-refractivity contribution in [2.45, 2.75) is 20.3 Å². The third-order valence-electron chi connectivity index (χ3n) is 2.61. The van der Waals surface area contributed by atoms with Crippen molar-refractivity contribution in [3.8, 4) is 12.3 Å². The molecule has 1 atom stereocenters. The molecule has 1 aromatic rings. The number of terminal acetylenes is 1. The first-order valence-corrected chi connectivity index (χ1v) is 5.64. The maximum atomic E-state index is 11.7. The Hall–Kier alpha value is -1.34. The number of aryl methyl sites for hydroxylation is 2. The molecule has 0 spiro atoms. The van der Waals surface area contributed by atoms with Crippen molar-refractivity contribution in [2.75, 3.05) is 11.4 Å². The number of nitrogens with zero attached hydrogens (tertiary/aromatic N) is 2. The van der Waals surface area contributed by atoms with Crippen molar-refractivity contribution in [2.24, 2.45) is 5.92 Å². The van der Waals surface area contributed by atoms with Gasteiger partial charge in [-0.2, -0.15) is 0 Å². The zero-order valence-corrected chi connectivity index (χ0v) is 9.60. The molecule has 78 valence electrons. The van der Waals surface area contributed by atoms with E-state index in [1.165, 1.54) is 0 Å².